The van der Waals surface area contributed by atoms with Gasteiger partial charge < -0.3 is 5.32 Å². The van der Waals surface area contributed by atoms with Crippen LogP contribution in [0.4, 0.5) is 4.39 Å². The summed E-state index contributed by atoms with van der Waals surface area (Å²) in [6.07, 6.45) is 6.55. The molecule has 0 saturated heterocycles. The SMILES string of the molecule is CSC1CCCCC1NC(=O)c1cc(C)ccc1F. The molecule has 104 valence electrons. The van der Waals surface area contributed by atoms with Crippen LogP contribution in [0.15, 0.2) is 18.2 Å². The number of hydrogen-bond donors (Lipinski definition) is 1. The molecule has 1 saturated carbocycles. The molecule has 0 radical (unpaired) electrons. The number of amides is 1. The lowest BCUT2D eigenvalue weighted by molar-refractivity contribution is 0.0925. The summed E-state index contributed by atoms with van der Waals surface area (Å²) >= 11 is 1.79. The minimum Gasteiger partial charge on any atom is -0.348 e. The Labute approximate surface area is 118 Å². The highest BCUT2D eigenvalue weighted by atomic mass is 32.2. The van der Waals surface area contributed by atoms with Crippen molar-refractivity contribution in [1.29, 1.82) is 0 Å². The summed E-state index contributed by atoms with van der Waals surface area (Å²) in [6.45, 7) is 1.86. The molecule has 2 nitrogen and oxygen atoms in total. The van der Waals surface area contributed by atoms with Gasteiger partial charge in [-0.05, 0) is 38.2 Å². The second kappa shape index (κ2) is 6.42. The second-order valence-electron chi connectivity index (χ2n) is 5.12. The molecule has 2 atom stereocenters. The van der Waals surface area contributed by atoms with Crippen LogP contribution in [0.3, 0.4) is 0 Å². The Balaban J connectivity index is 2.09. The van der Waals surface area contributed by atoms with Crippen LogP contribution in [-0.2, 0) is 0 Å². The number of rotatable bonds is 3. The van der Waals surface area contributed by atoms with E-state index in [1.807, 2.05) is 6.92 Å². The van der Waals surface area contributed by atoms with Crippen LogP contribution >= 0.6 is 11.8 Å². The highest BCUT2D eigenvalue weighted by Crippen LogP contribution is 2.27. The van der Waals surface area contributed by atoms with Gasteiger partial charge in [0.15, 0.2) is 0 Å². The highest BCUT2D eigenvalue weighted by molar-refractivity contribution is 7.99. The van der Waals surface area contributed by atoms with Crippen LogP contribution in [0.2, 0.25) is 0 Å². The Morgan fingerprint density at radius 1 is 1.37 bits per heavy atom. The number of carbonyl (C=O) groups excluding carboxylic acids is 1. The van der Waals surface area contributed by atoms with Gasteiger partial charge >= 0.3 is 0 Å². The molecule has 2 rings (SSSR count). The van der Waals surface area contributed by atoms with Gasteiger partial charge in [-0.1, -0.05) is 24.5 Å². The van der Waals surface area contributed by atoms with E-state index in [0.717, 1.165) is 24.8 Å². The van der Waals surface area contributed by atoms with Crippen LogP contribution in [0.5, 0.6) is 0 Å². The Bertz CT molecular complexity index is 463. The lowest BCUT2D eigenvalue weighted by Crippen LogP contribution is -2.43. The van der Waals surface area contributed by atoms with Crippen LogP contribution in [0.1, 0.15) is 41.6 Å². The molecule has 0 aliphatic heterocycles. The first-order chi connectivity index (χ1) is 9.11. The van der Waals surface area contributed by atoms with Crippen molar-refractivity contribution in [3.63, 3.8) is 0 Å². The first-order valence-electron chi connectivity index (χ1n) is 6.71. The maximum absolute atomic E-state index is 13.7. The zero-order valence-corrected chi connectivity index (χ0v) is 12.2. The van der Waals surface area contributed by atoms with E-state index in [4.69, 9.17) is 0 Å². The van der Waals surface area contributed by atoms with Crippen molar-refractivity contribution in [3.05, 3.63) is 35.1 Å². The predicted molar refractivity (Wildman–Crippen MR) is 78.2 cm³/mol. The number of benzene rings is 1. The van der Waals surface area contributed by atoms with E-state index in [0.29, 0.717) is 5.25 Å². The summed E-state index contributed by atoms with van der Waals surface area (Å²) in [4.78, 5) is 12.2. The first kappa shape index (κ1) is 14.4. The topological polar surface area (TPSA) is 29.1 Å². The molecule has 1 N–H and O–H groups in total. The van der Waals surface area contributed by atoms with E-state index in [2.05, 4.69) is 11.6 Å². The third-order valence-electron chi connectivity index (χ3n) is 3.69. The molecular formula is C15H20FNOS. The monoisotopic (exact) mass is 281 g/mol. The molecule has 2 unspecified atom stereocenters. The van der Waals surface area contributed by atoms with E-state index in [1.165, 1.54) is 12.5 Å². The minimum absolute atomic E-state index is 0.158. The quantitative estimate of drug-likeness (QED) is 0.918. The van der Waals surface area contributed by atoms with Gasteiger partial charge in [-0.25, -0.2) is 4.39 Å². The molecule has 0 spiro atoms. The van der Waals surface area contributed by atoms with Crippen molar-refractivity contribution < 1.29 is 9.18 Å². The number of aryl methyl sites for hydroxylation is 1. The Hall–Kier alpha value is -1.03. The van der Waals surface area contributed by atoms with Crippen LogP contribution in [0.25, 0.3) is 0 Å². The first-order valence-corrected chi connectivity index (χ1v) is 8.00. The third kappa shape index (κ3) is 3.50. The van der Waals surface area contributed by atoms with Gasteiger partial charge in [-0.3, -0.25) is 4.79 Å². The Morgan fingerprint density at radius 3 is 2.84 bits per heavy atom. The molecule has 4 heteroatoms. The normalized spacial score (nSPS) is 23.1. The van der Waals surface area contributed by atoms with Crippen molar-refractivity contribution in [1.82, 2.24) is 5.32 Å². The van der Waals surface area contributed by atoms with Crippen LogP contribution in [-0.4, -0.2) is 23.5 Å². The average Bonchev–Trinajstić information content (AvgIpc) is 2.42. The largest absolute Gasteiger partial charge is 0.348 e. The van der Waals surface area contributed by atoms with Crippen molar-refractivity contribution in [3.8, 4) is 0 Å². The van der Waals surface area contributed by atoms with Gasteiger partial charge in [-0.15, -0.1) is 0 Å². The zero-order valence-electron chi connectivity index (χ0n) is 11.4. The van der Waals surface area contributed by atoms with E-state index < -0.39 is 5.82 Å². The molecular weight excluding hydrogens is 261 g/mol. The summed E-state index contributed by atoms with van der Waals surface area (Å²) < 4.78 is 13.7. The lowest BCUT2D eigenvalue weighted by Gasteiger charge is -2.31. The third-order valence-corrected chi connectivity index (χ3v) is 4.86. The molecule has 1 aromatic carbocycles. The predicted octanol–water partition coefficient (Wildman–Crippen LogP) is 3.54. The Kier molecular flexibility index (Phi) is 4.86. The Morgan fingerprint density at radius 2 is 2.11 bits per heavy atom. The fraction of sp³-hybridized carbons (Fsp3) is 0.533. The van der Waals surface area contributed by atoms with Crippen LogP contribution in [0, 0.1) is 12.7 Å². The van der Waals surface area contributed by atoms with Gasteiger partial charge in [-0.2, -0.15) is 11.8 Å². The maximum atomic E-state index is 13.7. The van der Waals surface area contributed by atoms with Crippen molar-refractivity contribution in [2.75, 3.05) is 6.26 Å². The van der Waals surface area contributed by atoms with Crippen molar-refractivity contribution >= 4 is 17.7 Å². The summed E-state index contributed by atoms with van der Waals surface area (Å²) in [7, 11) is 0. The summed E-state index contributed by atoms with van der Waals surface area (Å²) in [5.74, 6) is -0.730. The lowest BCUT2D eigenvalue weighted by atomic mass is 9.94. The highest BCUT2D eigenvalue weighted by Gasteiger charge is 2.26. The number of thioether (sulfide) groups is 1. The smallest absolute Gasteiger partial charge is 0.254 e. The van der Waals surface area contributed by atoms with Gasteiger partial charge in [0.1, 0.15) is 5.82 Å². The summed E-state index contributed by atoms with van der Waals surface area (Å²) in [6, 6.07) is 4.81. The van der Waals surface area contributed by atoms with Gasteiger partial charge in [0, 0.05) is 11.3 Å². The fourth-order valence-electron chi connectivity index (χ4n) is 2.60. The zero-order chi connectivity index (χ0) is 13.8. The van der Waals surface area contributed by atoms with E-state index in [9.17, 15) is 9.18 Å². The summed E-state index contributed by atoms with van der Waals surface area (Å²) in [5.41, 5.74) is 1.06. The molecule has 1 aliphatic carbocycles. The van der Waals surface area contributed by atoms with Gasteiger partial charge in [0.2, 0.25) is 0 Å². The molecule has 19 heavy (non-hydrogen) atoms. The molecule has 1 amide bonds. The van der Waals surface area contributed by atoms with Gasteiger partial charge in [0.25, 0.3) is 5.91 Å². The van der Waals surface area contributed by atoms with Crippen molar-refractivity contribution in [2.24, 2.45) is 0 Å². The standard InChI is InChI=1S/C15H20FNOS/c1-10-7-8-12(16)11(9-10)15(18)17-13-5-3-4-6-14(13)19-2/h7-9,13-14H,3-6H2,1-2H3,(H,17,18). The molecule has 1 fully saturated rings. The van der Waals surface area contributed by atoms with Gasteiger partial charge in [0.05, 0.1) is 5.56 Å². The minimum atomic E-state index is -0.445. The van der Waals surface area contributed by atoms with E-state index in [1.54, 1.807) is 23.9 Å². The van der Waals surface area contributed by atoms with E-state index in [-0.39, 0.29) is 17.5 Å². The average molecular weight is 281 g/mol. The number of halogens is 1. The van der Waals surface area contributed by atoms with Crippen molar-refractivity contribution in [2.45, 2.75) is 43.9 Å². The molecule has 0 heterocycles. The molecule has 0 bridgehead atoms. The second-order valence-corrected chi connectivity index (χ2v) is 6.20. The number of carbonyl (C=O) groups is 1. The molecule has 1 aromatic rings. The van der Waals surface area contributed by atoms with Crippen LogP contribution < -0.4 is 5.32 Å². The number of hydrogen-bond acceptors (Lipinski definition) is 2. The fourth-order valence-corrected chi connectivity index (χ4v) is 3.54. The molecule has 0 aromatic heterocycles. The van der Waals surface area contributed by atoms with E-state index >= 15 is 0 Å². The molecule has 1 aliphatic rings. The number of nitrogens with one attached hydrogen (secondary N) is 1. The maximum Gasteiger partial charge on any atom is 0.254 e. The summed E-state index contributed by atoms with van der Waals surface area (Å²) in [5, 5.41) is 3.45.